The fourth-order valence-corrected chi connectivity index (χ4v) is 10.7. The van der Waals surface area contributed by atoms with Crippen LogP contribution in [0.25, 0.3) is 82.5 Å². The number of aromatic nitrogens is 3. The lowest BCUT2D eigenvalue weighted by molar-refractivity contribution is 0.590. The molecule has 282 valence electrons. The summed E-state index contributed by atoms with van der Waals surface area (Å²) in [6.07, 6.45) is 0. The maximum atomic E-state index is 2.65. The predicted molar refractivity (Wildman–Crippen MR) is 250 cm³/mol. The van der Waals surface area contributed by atoms with Crippen LogP contribution in [0.4, 0.5) is 0 Å². The van der Waals surface area contributed by atoms with Crippen LogP contribution < -0.4 is 16.4 Å². The van der Waals surface area contributed by atoms with Gasteiger partial charge in [-0.1, -0.05) is 147 Å². The molecule has 0 spiro atoms. The summed E-state index contributed by atoms with van der Waals surface area (Å²) in [5.41, 5.74) is 19.8. The number of para-hydroxylation sites is 2. The van der Waals surface area contributed by atoms with Crippen LogP contribution >= 0.6 is 0 Å². The molecule has 2 aliphatic rings. The second-order valence-corrected chi connectivity index (χ2v) is 20.3. The number of fused-ring (bicyclic) bond motifs is 14. The van der Waals surface area contributed by atoms with Crippen LogP contribution in [0.1, 0.15) is 79.0 Å². The summed E-state index contributed by atoms with van der Waals surface area (Å²) >= 11 is 0. The van der Waals surface area contributed by atoms with Crippen molar-refractivity contribution in [2.24, 2.45) is 0 Å². The molecule has 0 unspecified atom stereocenters. The van der Waals surface area contributed by atoms with Gasteiger partial charge in [0.25, 0.3) is 6.71 Å². The van der Waals surface area contributed by atoms with Crippen LogP contribution in [0.2, 0.25) is 0 Å². The quantitative estimate of drug-likeness (QED) is 0.149. The van der Waals surface area contributed by atoms with E-state index >= 15 is 0 Å². The predicted octanol–water partition coefficient (Wildman–Crippen LogP) is 12.0. The van der Waals surface area contributed by atoms with E-state index in [0.717, 1.165) is 0 Å². The molecule has 2 aliphatic heterocycles. The highest BCUT2D eigenvalue weighted by Crippen LogP contribution is 2.45. The first-order valence-corrected chi connectivity index (χ1v) is 21.1. The van der Waals surface area contributed by atoms with Gasteiger partial charge in [-0.2, -0.15) is 0 Å². The van der Waals surface area contributed by atoms with Crippen molar-refractivity contribution in [3.63, 3.8) is 0 Å². The molecule has 0 atom stereocenters. The Morgan fingerprint density at radius 2 is 0.845 bits per heavy atom. The van der Waals surface area contributed by atoms with Gasteiger partial charge in [-0.05, 0) is 91.8 Å². The first-order valence-electron chi connectivity index (χ1n) is 21.1. The number of hydrogen-bond acceptors (Lipinski definition) is 0. The summed E-state index contributed by atoms with van der Waals surface area (Å²) in [6, 6.07) is 49.5. The van der Waals surface area contributed by atoms with E-state index in [0.29, 0.717) is 0 Å². The third kappa shape index (κ3) is 4.31. The first-order chi connectivity index (χ1) is 27.7. The highest BCUT2D eigenvalue weighted by molar-refractivity contribution is 7.00. The van der Waals surface area contributed by atoms with E-state index < -0.39 is 0 Å². The Balaban J connectivity index is 1.29. The lowest BCUT2D eigenvalue weighted by atomic mass is 9.34. The van der Waals surface area contributed by atoms with Crippen LogP contribution in [-0.2, 0) is 16.2 Å². The van der Waals surface area contributed by atoms with E-state index in [4.69, 9.17) is 0 Å². The van der Waals surface area contributed by atoms with Crippen molar-refractivity contribution in [3.8, 4) is 17.1 Å². The third-order valence-corrected chi connectivity index (χ3v) is 13.7. The average Bonchev–Trinajstić information content (AvgIpc) is 3.84. The fraction of sp³-hybridized carbons (Fsp3) is 0.222. The average molecular weight is 750 g/mol. The lowest BCUT2D eigenvalue weighted by Gasteiger charge is -2.34. The van der Waals surface area contributed by atoms with E-state index in [9.17, 15) is 0 Å². The van der Waals surface area contributed by atoms with Gasteiger partial charge in [-0.15, -0.1) is 0 Å². The van der Waals surface area contributed by atoms with Crippen molar-refractivity contribution in [3.05, 3.63) is 144 Å². The molecule has 0 N–H and O–H groups in total. The van der Waals surface area contributed by atoms with Crippen LogP contribution in [-0.4, -0.2) is 20.4 Å². The lowest BCUT2D eigenvalue weighted by Crippen LogP contribution is -2.59. The van der Waals surface area contributed by atoms with Gasteiger partial charge in [0.1, 0.15) is 0 Å². The van der Waals surface area contributed by atoms with Gasteiger partial charge < -0.3 is 13.7 Å². The highest BCUT2D eigenvalue weighted by Gasteiger charge is 2.42. The number of hydrogen-bond donors (Lipinski definition) is 0. The summed E-state index contributed by atoms with van der Waals surface area (Å²) < 4.78 is 7.81. The summed E-state index contributed by atoms with van der Waals surface area (Å²) in [6.45, 7) is 21.1. The maximum absolute atomic E-state index is 2.65. The fourth-order valence-electron chi connectivity index (χ4n) is 10.7. The summed E-state index contributed by atoms with van der Waals surface area (Å²) in [7, 11) is 0. The normalized spacial score (nSPS) is 13.9. The Hall–Kier alpha value is -6.00. The maximum Gasteiger partial charge on any atom is 0.252 e. The van der Waals surface area contributed by atoms with Crippen molar-refractivity contribution in [2.45, 2.75) is 78.6 Å². The topological polar surface area (TPSA) is 14.8 Å². The van der Waals surface area contributed by atoms with E-state index in [1.165, 1.54) is 116 Å². The molecule has 58 heavy (non-hydrogen) atoms. The minimum atomic E-state index is -0.000269. The molecule has 0 amide bonds. The second-order valence-electron chi connectivity index (χ2n) is 20.3. The Kier molecular flexibility index (Phi) is 6.42. The Morgan fingerprint density at radius 1 is 0.362 bits per heavy atom. The minimum Gasteiger partial charge on any atom is -0.310 e. The molecule has 12 rings (SSSR count). The zero-order chi connectivity index (χ0) is 39.8. The number of benzene rings is 7. The van der Waals surface area contributed by atoms with Crippen LogP contribution in [0.3, 0.4) is 0 Å². The van der Waals surface area contributed by atoms with Crippen molar-refractivity contribution >= 4 is 88.5 Å². The monoisotopic (exact) mass is 749 g/mol. The van der Waals surface area contributed by atoms with Gasteiger partial charge in [0.2, 0.25) is 0 Å². The summed E-state index contributed by atoms with van der Waals surface area (Å²) in [4.78, 5) is 0. The zero-order valence-corrected chi connectivity index (χ0v) is 35.0. The molecule has 10 aromatic rings. The van der Waals surface area contributed by atoms with Gasteiger partial charge in [-0.25, -0.2) is 0 Å². The van der Waals surface area contributed by atoms with Crippen molar-refractivity contribution < 1.29 is 0 Å². The smallest absolute Gasteiger partial charge is 0.252 e. The van der Waals surface area contributed by atoms with E-state index in [-0.39, 0.29) is 23.0 Å². The number of rotatable bonds is 1. The molecule has 7 aromatic carbocycles. The molecule has 3 aromatic heterocycles. The third-order valence-electron chi connectivity index (χ3n) is 13.7. The Morgan fingerprint density at radius 3 is 1.48 bits per heavy atom. The minimum absolute atomic E-state index is 0.000269. The largest absolute Gasteiger partial charge is 0.310 e. The van der Waals surface area contributed by atoms with Gasteiger partial charge in [0.15, 0.2) is 0 Å². The Labute approximate surface area is 340 Å². The molecular formula is C54H48BN3. The molecule has 0 aliphatic carbocycles. The van der Waals surface area contributed by atoms with Gasteiger partial charge in [0, 0.05) is 43.7 Å². The second kappa shape index (κ2) is 10.9. The van der Waals surface area contributed by atoms with Crippen LogP contribution in [0.15, 0.2) is 127 Å². The standard InChI is InChI=1S/C54H48BN3/c1-52(2,3)31-18-21-36-37-23-26-44-49-50(37)58(45(36)28-31)47-30-33(54(7,8)9)20-24-39(47)55(49)40-25-27-43(56-41-16-12-10-14-34(41)35-15-11-13-17-42(35)56)48-38-22-19-32(53(4,5)6)29-46(38)57(44)51(40)48/h10-30H,1-9H3. The van der Waals surface area contributed by atoms with Gasteiger partial charge >= 0.3 is 0 Å². The highest BCUT2D eigenvalue weighted by atomic mass is 15.0. The molecule has 3 nitrogen and oxygen atoms in total. The Bertz CT molecular complexity index is 3400. The number of nitrogens with zero attached hydrogens (tertiary/aromatic N) is 3. The van der Waals surface area contributed by atoms with E-state index in [1.807, 2.05) is 0 Å². The zero-order valence-electron chi connectivity index (χ0n) is 35.0. The molecule has 0 saturated carbocycles. The van der Waals surface area contributed by atoms with Crippen molar-refractivity contribution in [1.82, 2.24) is 13.7 Å². The van der Waals surface area contributed by atoms with E-state index in [2.05, 4.69) is 203 Å². The molecule has 4 heteroatoms. The van der Waals surface area contributed by atoms with Gasteiger partial charge in [0.05, 0.1) is 38.8 Å². The van der Waals surface area contributed by atoms with Gasteiger partial charge in [-0.3, -0.25) is 0 Å². The molecule has 0 saturated heterocycles. The van der Waals surface area contributed by atoms with Crippen molar-refractivity contribution in [2.75, 3.05) is 0 Å². The first kappa shape index (κ1) is 34.1. The molecule has 0 fully saturated rings. The van der Waals surface area contributed by atoms with Crippen LogP contribution in [0.5, 0.6) is 0 Å². The van der Waals surface area contributed by atoms with Crippen LogP contribution in [0, 0.1) is 0 Å². The summed E-state index contributed by atoms with van der Waals surface area (Å²) in [5.74, 6) is 0. The molecule has 0 bridgehead atoms. The molecule has 5 heterocycles. The molecular weight excluding hydrogens is 701 g/mol. The van der Waals surface area contributed by atoms with E-state index in [1.54, 1.807) is 0 Å². The SMILES string of the molecule is CC(C)(C)c1ccc2c(c1)-n1c3cc(C(C)(C)C)ccc3c3ccc4c(c31)B2c1ccc(-n2c3ccccc3c3ccccc32)c2c3ccc(C(C)(C)C)cc3n-4c12. The summed E-state index contributed by atoms with van der Waals surface area (Å²) in [5, 5.41) is 7.84. The van der Waals surface area contributed by atoms with Crippen molar-refractivity contribution in [1.29, 1.82) is 0 Å². The molecule has 0 radical (unpaired) electrons.